The standard InChI is InChI=1S/C24H36N2O8/c1-23(2,3)33-21(29)25-17(19(27)31-7)13-15-10-9-11-16(12-15)14-18(20(28)32-8)26-22(30)34-24(4,5)6/h9-12,17-18H,13-14H2,1-8H3,(H,25,29)(H,26,30)/t17-,18-/m0/s1. The van der Waals surface area contributed by atoms with E-state index in [9.17, 15) is 19.2 Å². The minimum Gasteiger partial charge on any atom is -0.467 e. The number of alkyl carbamates (subject to hydrolysis) is 2. The number of nitrogens with one attached hydrogen (secondary N) is 2. The Hall–Kier alpha value is -3.30. The number of esters is 2. The number of hydrogen-bond donors (Lipinski definition) is 2. The zero-order chi connectivity index (χ0) is 26.1. The zero-order valence-corrected chi connectivity index (χ0v) is 21.1. The molecule has 190 valence electrons. The molecule has 10 nitrogen and oxygen atoms in total. The van der Waals surface area contributed by atoms with Crippen molar-refractivity contribution in [1.29, 1.82) is 0 Å². The fraction of sp³-hybridized carbons (Fsp3) is 0.583. The summed E-state index contributed by atoms with van der Waals surface area (Å²) in [6, 6.07) is 5.08. The van der Waals surface area contributed by atoms with E-state index in [1.54, 1.807) is 65.8 Å². The molecule has 0 bridgehead atoms. The van der Waals surface area contributed by atoms with Crippen molar-refractivity contribution in [3.63, 3.8) is 0 Å². The fourth-order valence-electron chi connectivity index (χ4n) is 2.93. The van der Waals surface area contributed by atoms with Crippen LogP contribution in [0.15, 0.2) is 24.3 Å². The lowest BCUT2D eigenvalue weighted by Crippen LogP contribution is -2.45. The van der Waals surface area contributed by atoms with Crippen LogP contribution in [0, 0.1) is 0 Å². The molecule has 34 heavy (non-hydrogen) atoms. The van der Waals surface area contributed by atoms with Crippen LogP contribution in [0.3, 0.4) is 0 Å². The highest BCUT2D eigenvalue weighted by Crippen LogP contribution is 2.14. The molecule has 0 aliphatic heterocycles. The van der Waals surface area contributed by atoms with Gasteiger partial charge >= 0.3 is 24.1 Å². The van der Waals surface area contributed by atoms with E-state index in [1.807, 2.05) is 0 Å². The lowest BCUT2D eigenvalue weighted by Gasteiger charge is -2.23. The second-order valence-electron chi connectivity index (χ2n) is 9.67. The minimum atomic E-state index is -0.980. The first-order valence-corrected chi connectivity index (χ1v) is 10.9. The first-order chi connectivity index (χ1) is 15.6. The third-order valence-electron chi connectivity index (χ3n) is 4.22. The predicted octanol–water partition coefficient (Wildman–Crippen LogP) is 2.90. The molecule has 0 saturated carbocycles. The largest absolute Gasteiger partial charge is 0.467 e. The van der Waals surface area contributed by atoms with Crippen LogP contribution in [0.5, 0.6) is 0 Å². The Bertz CT molecular complexity index is 803. The van der Waals surface area contributed by atoms with E-state index >= 15 is 0 Å². The average molecular weight is 481 g/mol. The molecule has 0 fully saturated rings. The lowest BCUT2D eigenvalue weighted by molar-refractivity contribution is -0.143. The molecular formula is C24H36N2O8. The van der Waals surface area contributed by atoms with Crippen LogP contribution in [-0.4, -0.2) is 61.6 Å². The van der Waals surface area contributed by atoms with Crippen molar-refractivity contribution >= 4 is 24.1 Å². The summed E-state index contributed by atoms with van der Waals surface area (Å²) in [5.41, 5.74) is -0.0571. The number of hydrogen-bond acceptors (Lipinski definition) is 8. The third-order valence-corrected chi connectivity index (χ3v) is 4.22. The van der Waals surface area contributed by atoms with Gasteiger partial charge in [-0.05, 0) is 52.7 Å². The van der Waals surface area contributed by atoms with E-state index in [-0.39, 0.29) is 12.8 Å². The Labute approximate surface area is 200 Å². The fourth-order valence-corrected chi connectivity index (χ4v) is 2.93. The van der Waals surface area contributed by atoms with Gasteiger partial charge < -0.3 is 29.6 Å². The lowest BCUT2D eigenvalue weighted by atomic mass is 9.99. The van der Waals surface area contributed by atoms with Crippen LogP contribution in [0.2, 0.25) is 0 Å². The van der Waals surface area contributed by atoms with Gasteiger partial charge in [0.1, 0.15) is 23.3 Å². The Balaban J connectivity index is 2.99. The first kappa shape index (κ1) is 28.7. The van der Waals surface area contributed by atoms with E-state index in [0.29, 0.717) is 11.1 Å². The van der Waals surface area contributed by atoms with Gasteiger partial charge in [0.25, 0.3) is 0 Å². The van der Waals surface area contributed by atoms with Gasteiger partial charge in [-0.1, -0.05) is 24.3 Å². The molecule has 0 aliphatic rings. The highest BCUT2D eigenvalue weighted by Gasteiger charge is 2.27. The molecule has 0 radical (unpaired) electrons. The Morgan fingerprint density at radius 1 is 0.735 bits per heavy atom. The van der Waals surface area contributed by atoms with Gasteiger partial charge in [-0.15, -0.1) is 0 Å². The number of rotatable bonds is 8. The van der Waals surface area contributed by atoms with Crippen molar-refractivity contribution in [2.75, 3.05) is 14.2 Å². The van der Waals surface area contributed by atoms with Gasteiger partial charge in [-0.3, -0.25) is 0 Å². The van der Waals surface area contributed by atoms with Crippen molar-refractivity contribution in [3.8, 4) is 0 Å². The summed E-state index contributed by atoms with van der Waals surface area (Å²) in [7, 11) is 2.46. The monoisotopic (exact) mass is 480 g/mol. The maximum atomic E-state index is 12.2. The molecular weight excluding hydrogens is 444 g/mol. The molecule has 1 aromatic rings. The summed E-state index contributed by atoms with van der Waals surface area (Å²) in [5, 5.41) is 5.05. The number of benzene rings is 1. The normalized spacial score (nSPS) is 13.2. The summed E-state index contributed by atoms with van der Waals surface area (Å²) in [5.74, 6) is -1.26. The molecule has 1 aromatic carbocycles. The van der Waals surface area contributed by atoms with Gasteiger partial charge in [-0.2, -0.15) is 0 Å². The maximum absolute atomic E-state index is 12.2. The highest BCUT2D eigenvalue weighted by molar-refractivity contribution is 5.82. The molecule has 0 aromatic heterocycles. The van der Waals surface area contributed by atoms with E-state index in [1.165, 1.54) is 14.2 Å². The van der Waals surface area contributed by atoms with Crippen molar-refractivity contribution in [3.05, 3.63) is 35.4 Å². The number of ether oxygens (including phenoxy) is 4. The Kier molecular flexibility index (Phi) is 10.3. The number of carbonyl (C=O) groups is 4. The zero-order valence-electron chi connectivity index (χ0n) is 21.1. The topological polar surface area (TPSA) is 129 Å². The summed E-state index contributed by atoms with van der Waals surface area (Å²) >= 11 is 0. The van der Waals surface area contributed by atoms with Crippen LogP contribution in [0.1, 0.15) is 52.7 Å². The molecule has 0 spiro atoms. The van der Waals surface area contributed by atoms with Crippen LogP contribution in [-0.2, 0) is 41.4 Å². The summed E-state index contributed by atoms with van der Waals surface area (Å²) in [4.78, 5) is 48.8. The second kappa shape index (κ2) is 12.2. The second-order valence-corrected chi connectivity index (χ2v) is 9.67. The van der Waals surface area contributed by atoms with E-state index in [2.05, 4.69) is 10.6 Å². The van der Waals surface area contributed by atoms with Gasteiger partial charge in [0, 0.05) is 12.8 Å². The number of amides is 2. The molecule has 1 rings (SSSR count). The highest BCUT2D eigenvalue weighted by atomic mass is 16.6. The first-order valence-electron chi connectivity index (χ1n) is 10.9. The summed E-state index contributed by atoms with van der Waals surface area (Å²) < 4.78 is 20.1. The number of carbonyl (C=O) groups excluding carboxylic acids is 4. The quantitative estimate of drug-likeness (QED) is 0.429. The molecule has 2 atom stereocenters. The van der Waals surface area contributed by atoms with Gasteiger partial charge in [0.05, 0.1) is 14.2 Å². The average Bonchev–Trinajstić information content (AvgIpc) is 2.69. The third kappa shape index (κ3) is 11.0. The molecule has 2 amide bonds. The van der Waals surface area contributed by atoms with Gasteiger partial charge in [0.15, 0.2) is 0 Å². The molecule has 0 saturated heterocycles. The summed E-state index contributed by atoms with van der Waals surface area (Å²) in [6.07, 6.45) is -1.23. The van der Waals surface area contributed by atoms with Crippen molar-refractivity contribution in [2.24, 2.45) is 0 Å². The molecule has 0 heterocycles. The molecule has 0 unspecified atom stereocenters. The SMILES string of the molecule is COC(=O)[C@H](Cc1cccc(C[C@H](NC(=O)OC(C)(C)C)C(=O)OC)c1)NC(=O)OC(C)(C)C. The maximum Gasteiger partial charge on any atom is 0.408 e. The van der Waals surface area contributed by atoms with Crippen molar-refractivity contribution in [1.82, 2.24) is 10.6 Å². The van der Waals surface area contributed by atoms with Crippen LogP contribution >= 0.6 is 0 Å². The minimum absolute atomic E-state index is 0.127. The number of methoxy groups -OCH3 is 2. The van der Waals surface area contributed by atoms with Crippen molar-refractivity contribution < 1.29 is 38.1 Å². The molecule has 2 N–H and O–H groups in total. The van der Waals surface area contributed by atoms with Crippen LogP contribution < -0.4 is 10.6 Å². The Morgan fingerprint density at radius 3 is 1.38 bits per heavy atom. The Morgan fingerprint density at radius 2 is 1.09 bits per heavy atom. The van der Waals surface area contributed by atoms with Crippen LogP contribution in [0.25, 0.3) is 0 Å². The summed E-state index contributed by atoms with van der Waals surface area (Å²) in [6.45, 7) is 10.3. The van der Waals surface area contributed by atoms with E-state index in [4.69, 9.17) is 18.9 Å². The van der Waals surface area contributed by atoms with Crippen molar-refractivity contribution in [2.45, 2.75) is 77.7 Å². The molecule has 10 heteroatoms. The smallest absolute Gasteiger partial charge is 0.408 e. The van der Waals surface area contributed by atoms with Gasteiger partial charge in [0.2, 0.25) is 0 Å². The molecule has 0 aliphatic carbocycles. The predicted molar refractivity (Wildman–Crippen MR) is 124 cm³/mol. The van der Waals surface area contributed by atoms with E-state index in [0.717, 1.165) is 0 Å². The van der Waals surface area contributed by atoms with Gasteiger partial charge in [-0.25, -0.2) is 19.2 Å². The van der Waals surface area contributed by atoms with E-state index < -0.39 is 47.4 Å². The van der Waals surface area contributed by atoms with Crippen LogP contribution in [0.4, 0.5) is 9.59 Å².